The van der Waals surface area contributed by atoms with Gasteiger partial charge in [0.25, 0.3) is 0 Å². The predicted molar refractivity (Wildman–Crippen MR) is 380 cm³/mol. The van der Waals surface area contributed by atoms with E-state index in [4.69, 9.17) is 0 Å². The van der Waals surface area contributed by atoms with Gasteiger partial charge in [0.15, 0.2) is 0 Å². The van der Waals surface area contributed by atoms with Crippen molar-refractivity contribution in [3.8, 4) is 0 Å². The van der Waals surface area contributed by atoms with E-state index in [-0.39, 0.29) is 101 Å². The molecule has 0 saturated heterocycles. The van der Waals surface area contributed by atoms with Crippen LogP contribution in [-0.2, 0) is 78.6 Å². The maximum absolute atomic E-state index is 3.72. The van der Waals surface area contributed by atoms with Crippen molar-refractivity contribution >= 4 is 0 Å². The first-order chi connectivity index (χ1) is 39.6. The number of hydrogen-bond donors (Lipinski definition) is 0. The van der Waals surface area contributed by atoms with Crippen molar-refractivity contribution in [2.45, 2.75) is 149 Å². The molecule has 87 heavy (non-hydrogen) atoms. The maximum Gasteiger partial charge on any atom is 4.00 e. The number of hydrogen-bond acceptors (Lipinski definition) is 0. The topological polar surface area (TPSA) is 0 Å². The minimum absolute atomic E-state index is 0. The van der Waals surface area contributed by atoms with E-state index in [1.54, 1.807) is 97.3 Å². The molecule has 0 amide bonds. The van der Waals surface area contributed by atoms with Gasteiger partial charge in [-0.25, -0.2) is 0 Å². The molecule has 6 atom stereocenters. The summed E-state index contributed by atoms with van der Waals surface area (Å²) in [5.41, 5.74) is 7.50. The van der Waals surface area contributed by atoms with Crippen LogP contribution in [0.15, 0.2) is 212 Å². The molecule has 0 aliphatic heterocycles. The molecule has 6 unspecified atom stereocenters. The summed E-state index contributed by atoms with van der Waals surface area (Å²) >= 11 is 0. The van der Waals surface area contributed by atoms with Crippen LogP contribution in [0.2, 0.25) is 0 Å². The zero-order valence-electron chi connectivity index (χ0n) is 55.8. The standard InChI is InChI=1S/C13H22.C9H16.7C7H7.C6H12.2C2H5.3CH3.3Zr/c1-3-7-12-10(5-1)9-11-6-2-4-8-13(11)12;1-2-5-9-7-3-6-8(9)4-1;7*1-7-5-3-2-4-6-7;1-6-4-2-3-5-6;2*1-2;;;;;;/h10-13H,1-9H2;8-9H,1-7H2;7*2-6H,1H2;6H,2-5H2,1H3;2*1H2,2H3;3*1H3;;;/q;;7*-1;;5*-1;3*+4. The summed E-state index contributed by atoms with van der Waals surface area (Å²) in [5, 5.41) is 0. The van der Waals surface area contributed by atoms with Crippen LogP contribution in [0.25, 0.3) is 0 Å². The summed E-state index contributed by atoms with van der Waals surface area (Å²) in [6.07, 6.45) is 30.9. The molecule has 6 fully saturated rings. The van der Waals surface area contributed by atoms with E-state index in [1.807, 2.05) is 212 Å². The first kappa shape index (κ1) is 92.0. The second-order valence-electron chi connectivity index (χ2n) is 22.2. The molecule has 7 aromatic rings. The van der Waals surface area contributed by atoms with Gasteiger partial charge in [0.05, 0.1) is 0 Å². The van der Waals surface area contributed by atoms with Crippen LogP contribution in [0.5, 0.6) is 0 Å². The fraction of sp³-hybridized carbons (Fsp3) is 0.357. The van der Waals surface area contributed by atoms with E-state index in [0.29, 0.717) is 0 Å². The summed E-state index contributed by atoms with van der Waals surface area (Å²) in [5.74, 6) is 8.07. The van der Waals surface area contributed by atoms with Gasteiger partial charge in [-0.2, -0.15) is 186 Å². The van der Waals surface area contributed by atoms with Crippen LogP contribution in [0.3, 0.4) is 0 Å². The number of rotatable bonds is 0. The normalized spacial score (nSPS) is 18.6. The molecule has 0 aromatic heterocycles. The monoisotopic (exact) mass is 1400 g/mol. The molecule has 0 spiro atoms. The van der Waals surface area contributed by atoms with Crippen molar-refractivity contribution in [2.75, 3.05) is 0 Å². The van der Waals surface area contributed by atoms with E-state index in [9.17, 15) is 0 Å². The quantitative estimate of drug-likeness (QED) is 0.133. The maximum atomic E-state index is 3.72. The van der Waals surface area contributed by atoms with E-state index in [1.165, 1.54) is 80.5 Å². The van der Waals surface area contributed by atoms with Crippen LogP contribution in [0.4, 0.5) is 0 Å². The van der Waals surface area contributed by atoms with Crippen molar-refractivity contribution in [1.82, 2.24) is 0 Å². The Morgan fingerprint density at radius 3 is 0.552 bits per heavy atom. The first-order valence-electron chi connectivity index (χ1n) is 31.1. The summed E-state index contributed by atoms with van der Waals surface area (Å²) in [4.78, 5) is 0. The molecule has 0 nitrogen and oxygen atoms in total. The van der Waals surface area contributed by atoms with Gasteiger partial charge in [0, 0.05) is 0 Å². The van der Waals surface area contributed by atoms with Crippen LogP contribution >= 0.6 is 0 Å². The Bertz CT molecular complexity index is 1970. The molecule has 3 heteroatoms. The van der Waals surface area contributed by atoms with Crippen molar-refractivity contribution < 1.29 is 78.6 Å². The fourth-order valence-corrected chi connectivity index (χ4v) is 11.7. The van der Waals surface area contributed by atoms with Crippen molar-refractivity contribution in [1.29, 1.82) is 0 Å². The molecule has 0 N–H and O–H groups in total. The van der Waals surface area contributed by atoms with E-state index in [0.717, 1.165) is 44.9 Å². The van der Waals surface area contributed by atoms with Gasteiger partial charge in [0.1, 0.15) is 0 Å². The summed E-state index contributed by atoms with van der Waals surface area (Å²) in [7, 11) is 0. The predicted octanol–water partition coefficient (Wildman–Crippen LogP) is 25.3. The van der Waals surface area contributed by atoms with E-state index in [2.05, 4.69) is 69.2 Å². The van der Waals surface area contributed by atoms with Crippen molar-refractivity contribution in [2.24, 2.45) is 41.4 Å². The van der Waals surface area contributed by atoms with Gasteiger partial charge in [0.2, 0.25) is 0 Å². The molecule has 13 rings (SSSR count). The van der Waals surface area contributed by atoms with Gasteiger partial charge in [-0.15, -0.1) is 84.9 Å². The van der Waals surface area contributed by atoms with Gasteiger partial charge in [-0.3, -0.25) is 0 Å². The molecular formula is C84H118Zr3. The van der Waals surface area contributed by atoms with Gasteiger partial charge < -0.3 is 36.1 Å². The smallest absolute Gasteiger partial charge is 0.358 e. The summed E-state index contributed by atoms with van der Waals surface area (Å²) < 4.78 is 0. The molecule has 7 aromatic carbocycles. The SMILES string of the molecule is C1CCC2C(C1)CC1CCCCC12.C1CCC2CCCC2C1.CC1CCCC1.[CH2-]C.[CH2-]C.[CH2-]c1ccccc1.[CH2-]c1ccccc1.[CH2-]c1ccccc1.[CH2-]c1ccccc1.[CH2-]c1ccccc1.[CH2-]c1ccccc1.[CH2-]c1ccccc1.[CH3-].[CH3-].[CH3-].[Zr+4].[Zr+4].[Zr+4]. The average Bonchev–Trinajstić information content (AvgIpc) is 2.94. The second-order valence-corrected chi connectivity index (χ2v) is 22.2. The van der Waals surface area contributed by atoms with E-state index >= 15 is 0 Å². The Kier molecular flexibility index (Phi) is 66.1. The Morgan fingerprint density at radius 2 is 0.391 bits per heavy atom. The minimum atomic E-state index is 0. The minimum Gasteiger partial charge on any atom is -0.358 e. The van der Waals surface area contributed by atoms with Crippen LogP contribution in [-0.4, -0.2) is 0 Å². The molecule has 6 saturated carbocycles. The summed E-state index contributed by atoms with van der Waals surface area (Å²) in [6.45, 7) is 38.4. The average molecular weight is 1400 g/mol. The van der Waals surface area contributed by atoms with Gasteiger partial charge >= 0.3 is 78.6 Å². The Labute approximate surface area is 599 Å². The fourth-order valence-electron chi connectivity index (χ4n) is 11.7. The Hall–Kier alpha value is -3.72. The molecule has 466 valence electrons. The number of benzene rings is 7. The summed E-state index contributed by atoms with van der Waals surface area (Å²) in [6, 6.07) is 69.1. The van der Waals surface area contributed by atoms with E-state index < -0.39 is 0 Å². The molecule has 6 aliphatic rings. The van der Waals surface area contributed by atoms with Gasteiger partial charge in [-0.05, 0) is 60.7 Å². The Morgan fingerprint density at radius 1 is 0.230 bits per heavy atom. The molecule has 0 radical (unpaired) electrons. The van der Waals surface area contributed by atoms with Crippen LogP contribution in [0, 0.1) is 126 Å². The zero-order valence-corrected chi connectivity index (χ0v) is 63.1. The second kappa shape index (κ2) is 62.5. The number of fused-ring (bicyclic) bond motifs is 4. The largest absolute Gasteiger partial charge is 4.00 e. The van der Waals surface area contributed by atoms with Crippen LogP contribution in [0.1, 0.15) is 188 Å². The van der Waals surface area contributed by atoms with Crippen LogP contribution < -0.4 is 0 Å². The van der Waals surface area contributed by atoms with Gasteiger partial charge in [-0.1, -0.05) is 159 Å². The third kappa shape index (κ3) is 46.9. The molecular weight excluding hydrogens is 1280 g/mol. The molecule has 0 heterocycles. The Balaban J connectivity index is -0.000000285. The molecule has 6 aliphatic carbocycles. The third-order valence-corrected chi connectivity index (χ3v) is 15.9. The molecule has 0 bridgehead atoms. The first-order valence-corrected chi connectivity index (χ1v) is 31.1. The zero-order chi connectivity index (χ0) is 59.0. The van der Waals surface area contributed by atoms with Crippen molar-refractivity contribution in [3.63, 3.8) is 0 Å². The third-order valence-electron chi connectivity index (χ3n) is 15.9. The van der Waals surface area contributed by atoms with Crippen molar-refractivity contribution in [3.05, 3.63) is 336 Å².